The molecule has 0 radical (unpaired) electrons. The van der Waals surface area contributed by atoms with Crippen LogP contribution in [0.3, 0.4) is 0 Å². The number of carbonyl (C=O) groups excluding carboxylic acids is 1. The van der Waals surface area contributed by atoms with Gasteiger partial charge in [0.25, 0.3) is 5.91 Å². The average Bonchev–Trinajstić information content (AvgIpc) is 3.30. The molecule has 4 rings (SSSR count). The highest BCUT2D eigenvalue weighted by molar-refractivity contribution is 5.93. The van der Waals surface area contributed by atoms with Gasteiger partial charge in [0, 0.05) is 42.2 Å². The second kappa shape index (κ2) is 7.22. The Balaban J connectivity index is 1.59. The van der Waals surface area contributed by atoms with Crippen LogP contribution in [0.5, 0.6) is 0 Å². The summed E-state index contributed by atoms with van der Waals surface area (Å²) in [6, 6.07) is 9.51. The van der Waals surface area contributed by atoms with Crippen molar-refractivity contribution in [1.29, 1.82) is 0 Å². The SMILES string of the molecule is CCn1ncc(CNC(=O)c2cc3nccc(-c4ccc(F)cc4)n3n2)c1C. The van der Waals surface area contributed by atoms with Gasteiger partial charge in [0.2, 0.25) is 0 Å². The van der Waals surface area contributed by atoms with Gasteiger partial charge in [0.1, 0.15) is 5.82 Å². The molecular weight excluding hydrogens is 359 g/mol. The molecule has 0 unspecified atom stereocenters. The van der Waals surface area contributed by atoms with Crippen molar-refractivity contribution in [1.82, 2.24) is 29.7 Å². The summed E-state index contributed by atoms with van der Waals surface area (Å²) in [5, 5.41) is 11.6. The lowest BCUT2D eigenvalue weighted by atomic mass is 10.1. The first kappa shape index (κ1) is 17.8. The molecule has 0 aliphatic carbocycles. The van der Waals surface area contributed by atoms with Crippen LogP contribution in [-0.4, -0.2) is 30.3 Å². The largest absolute Gasteiger partial charge is 0.346 e. The molecule has 1 aromatic carbocycles. The van der Waals surface area contributed by atoms with Crippen molar-refractivity contribution in [3.63, 3.8) is 0 Å². The first-order valence-corrected chi connectivity index (χ1v) is 8.97. The Bertz CT molecular complexity index is 1150. The van der Waals surface area contributed by atoms with Crippen LogP contribution < -0.4 is 5.32 Å². The van der Waals surface area contributed by atoms with Crippen LogP contribution in [0.2, 0.25) is 0 Å². The number of amides is 1. The summed E-state index contributed by atoms with van der Waals surface area (Å²) >= 11 is 0. The lowest BCUT2D eigenvalue weighted by Crippen LogP contribution is -2.23. The highest BCUT2D eigenvalue weighted by atomic mass is 19.1. The second-order valence-corrected chi connectivity index (χ2v) is 6.39. The van der Waals surface area contributed by atoms with Crippen LogP contribution in [0.4, 0.5) is 4.39 Å². The molecular formula is C20H19FN6O. The molecule has 0 aliphatic rings. The summed E-state index contributed by atoms with van der Waals surface area (Å²) in [4.78, 5) is 16.8. The van der Waals surface area contributed by atoms with E-state index in [9.17, 15) is 9.18 Å². The third-order valence-electron chi connectivity index (χ3n) is 4.67. The number of hydrogen-bond acceptors (Lipinski definition) is 4. The van der Waals surface area contributed by atoms with Gasteiger partial charge in [-0.05, 0) is 44.2 Å². The van der Waals surface area contributed by atoms with E-state index in [1.54, 1.807) is 41.2 Å². The number of carbonyl (C=O) groups is 1. The third-order valence-corrected chi connectivity index (χ3v) is 4.67. The van der Waals surface area contributed by atoms with E-state index in [1.807, 2.05) is 18.5 Å². The summed E-state index contributed by atoms with van der Waals surface area (Å²) in [5.41, 5.74) is 4.31. The summed E-state index contributed by atoms with van der Waals surface area (Å²) in [6.07, 6.45) is 3.40. The van der Waals surface area contributed by atoms with Gasteiger partial charge in [-0.2, -0.15) is 10.2 Å². The van der Waals surface area contributed by atoms with E-state index in [0.717, 1.165) is 29.1 Å². The van der Waals surface area contributed by atoms with Crippen molar-refractivity contribution in [2.75, 3.05) is 0 Å². The minimum Gasteiger partial charge on any atom is -0.346 e. The maximum Gasteiger partial charge on any atom is 0.272 e. The fourth-order valence-electron chi connectivity index (χ4n) is 3.09. The van der Waals surface area contributed by atoms with Gasteiger partial charge >= 0.3 is 0 Å². The predicted molar refractivity (Wildman–Crippen MR) is 102 cm³/mol. The molecule has 0 aliphatic heterocycles. The van der Waals surface area contributed by atoms with Gasteiger partial charge in [-0.3, -0.25) is 9.48 Å². The topological polar surface area (TPSA) is 77.1 Å². The summed E-state index contributed by atoms with van der Waals surface area (Å²) in [6.45, 7) is 5.15. The lowest BCUT2D eigenvalue weighted by molar-refractivity contribution is 0.0945. The van der Waals surface area contributed by atoms with Crippen molar-refractivity contribution < 1.29 is 9.18 Å². The van der Waals surface area contributed by atoms with E-state index in [4.69, 9.17) is 0 Å². The molecule has 3 heterocycles. The molecule has 0 bridgehead atoms. The first-order chi connectivity index (χ1) is 13.6. The van der Waals surface area contributed by atoms with Crippen molar-refractivity contribution in [2.45, 2.75) is 26.9 Å². The monoisotopic (exact) mass is 378 g/mol. The Morgan fingerprint density at radius 3 is 2.71 bits per heavy atom. The van der Waals surface area contributed by atoms with Crippen LogP contribution in [0.25, 0.3) is 16.9 Å². The maximum absolute atomic E-state index is 13.2. The number of aryl methyl sites for hydroxylation is 1. The van der Waals surface area contributed by atoms with Crippen LogP contribution in [0, 0.1) is 12.7 Å². The smallest absolute Gasteiger partial charge is 0.272 e. The van der Waals surface area contributed by atoms with E-state index in [-0.39, 0.29) is 17.4 Å². The highest BCUT2D eigenvalue weighted by Crippen LogP contribution is 2.20. The number of rotatable bonds is 5. The molecule has 1 amide bonds. The number of halogens is 1. The summed E-state index contributed by atoms with van der Waals surface area (Å²) in [5.74, 6) is -0.601. The Kier molecular flexibility index (Phi) is 4.60. The van der Waals surface area contributed by atoms with Crippen LogP contribution in [-0.2, 0) is 13.1 Å². The Morgan fingerprint density at radius 1 is 1.21 bits per heavy atom. The van der Waals surface area contributed by atoms with Gasteiger partial charge in [0.15, 0.2) is 11.3 Å². The third kappa shape index (κ3) is 3.24. The quantitative estimate of drug-likeness (QED) is 0.579. The summed E-state index contributed by atoms with van der Waals surface area (Å²) < 4.78 is 16.7. The molecule has 0 saturated heterocycles. The molecule has 3 aromatic heterocycles. The van der Waals surface area contributed by atoms with Gasteiger partial charge in [-0.1, -0.05) is 0 Å². The molecule has 0 saturated carbocycles. The standard InChI is InChI=1S/C20H19FN6O/c1-3-26-13(2)15(12-24-26)11-23-20(28)17-10-19-22-9-8-18(27(19)25-17)14-4-6-16(21)7-5-14/h4-10,12H,3,11H2,1-2H3,(H,23,28). The fourth-order valence-corrected chi connectivity index (χ4v) is 3.09. The van der Waals surface area contributed by atoms with E-state index in [0.29, 0.717) is 12.2 Å². The molecule has 7 nitrogen and oxygen atoms in total. The number of aromatic nitrogens is 5. The van der Waals surface area contributed by atoms with Crippen molar-refractivity contribution in [2.24, 2.45) is 0 Å². The predicted octanol–water partition coefficient (Wildman–Crippen LogP) is 2.99. The van der Waals surface area contributed by atoms with E-state index in [1.165, 1.54) is 12.1 Å². The molecule has 0 fully saturated rings. The second-order valence-electron chi connectivity index (χ2n) is 6.39. The van der Waals surface area contributed by atoms with Gasteiger partial charge in [-0.25, -0.2) is 13.9 Å². The maximum atomic E-state index is 13.2. The van der Waals surface area contributed by atoms with Gasteiger partial charge in [0.05, 0.1) is 11.9 Å². The average molecular weight is 378 g/mol. The molecule has 4 aromatic rings. The number of nitrogens with zero attached hydrogens (tertiary/aromatic N) is 5. The fraction of sp³-hybridized carbons (Fsp3) is 0.200. The zero-order chi connectivity index (χ0) is 19.7. The minimum atomic E-state index is -0.309. The molecule has 0 spiro atoms. The van der Waals surface area contributed by atoms with Crippen molar-refractivity contribution in [3.8, 4) is 11.3 Å². The Morgan fingerprint density at radius 2 is 2.00 bits per heavy atom. The molecule has 8 heteroatoms. The van der Waals surface area contributed by atoms with Crippen molar-refractivity contribution in [3.05, 3.63) is 71.6 Å². The van der Waals surface area contributed by atoms with E-state index < -0.39 is 0 Å². The van der Waals surface area contributed by atoms with Crippen LogP contribution in [0.1, 0.15) is 28.7 Å². The number of hydrogen-bond donors (Lipinski definition) is 1. The van der Waals surface area contributed by atoms with E-state index >= 15 is 0 Å². The molecule has 1 N–H and O–H groups in total. The Labute approximate surface area is 160 Å². The highest BCUT2D eigenvalue weighted by Gasteiger charge is 2.15. The number of fused-ring (bicyclic) bond motifs is 1. The first-order valence-electron chi connectivity index (χ1n) is 8.97. The minimum absolute atomic E-state index is 0.266. The van der Waals surface area contributed by atoms with Gasteiger partial charge in [-0.15, -0.1) is 0 Å². The number of benzene rings is 1. The van der Waals surface area contributed by atoms with E-state index in [2.05, 4.69) is 20.5 Å². The molecule has 28 heavy (non-hydrogen) atoms. The number of nitrogens with one attached hydrogen (secondary N) is 1. The Hall–Kier alpha value is -3.55. The van der Waals surface area contributed by atoms with Crippen LogP contribution >= 0.6 is 0 Å². The zero-order valence-electron chi connectivity index (χ0n) is 15.6. The molecule has 0 atom stereocenters. The van der Waals surface area contributed by atoms with Crippen molar-refractivity contribution >= 4 is 11.6 Å². The molecule has 142 valence electrons. The normalized spacial score (nSPS) is 11.1. The zero-order valence-corrected chi connectivity index (χ0v) is 15.6. The van der Waals surface area contributed by atoms with Crippen LogP contribution in [0.15, 0.2) is 48.8 Å². The lowest BCUT2D eigenvalue weighted by Gasteiger charge is -2.05. The van der Waals surface area contributed by atoms with Gasteiger partial charge < -0.3 is 5.32 Å². The summed E-state index contributed by atoms with van der Waals surface area (Å²) in [7, 11) is 0.